The van der Waals surface area contributed by atoms with Crippen LogP contribution in [0.3, 0.4) is 0 Å². The quantitative estimate of drug-likeness (QED) is 0.814. The first-order valence-corrected chi connectivity index (χ1v) is 6.02. The molecule has 0 radical (unpaired) electrons. The lowest BCUT2D eigenvalue weighted by atomic mass is 10.2. The predicted molar refractivity (Wildman–Crippen MR) is 56.0 cm³/mol. The number of aromatic nitrogens is 2. The van der Waals surface area contributed by atoms with Crippen LogP contribution in [0.5, 0.6) is 0 Å². The number of thioether (sulfide) groups is 1. The van der Waals surface area contributed by atoms with E-state index in [9.17, 15) is 0 Å². The van der Waals surface area contributed by atoms with Crippen molar-refractivity contribution in [2.75, 3.05) is 5.75 Å². The number of nitrogens with two attached hydrogens (primary N) is 1. The van der Waals surface area contributed by atoms with Crippen molar-refractivity contribution >= 4 is 11.8 Å². The number of hydrogen-bond acceptors (Lipinski definition) is 5. The summed E-state index contributed by atoms with van der Waals surface area (Å²) < 4.78 is 5.52. The van der Waals surface area contributed by atoms with Crippen LogP contribution in [0.2, 0.25) is 0 Å². The highest BCUT2D eigenvalue weighted by Crippen LogP contribution is 2.37. The second-order valence-electron chi connectivity index (χ2n) is 3.62. The SMILES string of the molecule is CC(N)c1nnc(C2CCCCS2)o1. The first-order chi connectivity index (χ1) is 6.77. The highest BCUT2D eigenvalue weighted by molar-refractivity contribution is 7.99. The minimum absolute atomic E-state index is 0.162. The van der Waals surface area contributed by atoms with E-state index in [-0.39, 0.29) is 6.04 Å². The van der Waals surface area contributed by atoms with E-state index in [4.69, 9.17) is 10.2 Å². The fraction of sp³-hybridized carbons (Fsp3) is 0.778. The zero-order valence-electron chi connectivity index (χ0n) is 8.27. The van der Waals surface area contributed by atoms with Gasteiger partial charge in [0.25, 0.3) is 0 Å². The summed E-state index contributed by atoms with van der Waals surface area (Å²) in [5.41, 5.74) is 5.65. The molecule has 14 heavy (non-hydrogen) atoms. The Morgan fingerprint density at radius 1 is 1.50 bits per heavy atom. The van der Waals surface area contributed by atoms with Crippen molar-refractivity contribution in [2.24, 2.45) is 5.73 Å². The predicted octanol–water partition coefficient (Wildman–Crippen LogP) is 2.05. The van der Waals surface area contributed by atoms with Crippen molar-refractivity contribution in [3.8, 4) is 0 Å². The van der Waals surface area contributed by atoms with E-state index in [0.717, 1.165) is 12.3 Å². The van der Waals surface area contributed by atoms with Crippen molar-refractivity contribution in [3.05, 3.63) is 11.8 Å². The van der Waals surface area contributed by atoms with Gasteiger partial charge >= 0.3 is 0 Å². The zero-order valence-corrected chi connectivity index (χ0v) is 9.09. The van der Waals surface area contributed by atoms with E-state index in [1.807, 2.05) is 18.7 Å². The van der Waals surface area contributed by atoms with Gasteiger partial charge in [0.05, 0.1) is 11.3 Å². The lowest BCUT2D eigenvalue weighted by Gasteiger charge is -2.17. The molecular weight excluding hydrogens is 198 g/mol. The van der Waals surface area contributed by atoms with Gasteiger partial charge in [0.1, 0.15) is 0 Å². The zero-order chi connectivity index (χ0) is 9.97. The largest absolute Gasteiger partial charge is 0.422 e. The summed E-state index contributed by atoms with van der Waals surface area (Å²) in [5.74, 6) is 2.49. The maximum atomic E-state index is 5.65. The summed E-state index contributed by atoms with van der Waals surface area (Å²) in [5, 5.41) is 8.37. The molecular formula is C9H15N3OS. The average molecular weight is 213 g/mol. The van der Waals surface area contributed by atoms with Crippen LogP contribution in [0.4, 0.5) is 0 Å². The lowest BCUT2D eigenvalue weighted by molar-refractivity contribution is 0.416. The molecule has 4 nitrogen and oxygen atoms in total. The molecule has 2 heterocycles. The fourth-order valence-electron chi connectivity index (χ4n) is 1.50. The van der Waals surface area contributed by atoms with E-state index in [1.54, 1.807) is 0 Å². The van der Waals surface area contributed by atoms with Crippen molar-refractivity contribution in [2.45, 2.75) is 37.5 Å². The average Bonchev–Trinajstić information content (AvgIpc) is 2.68. The Balaban J connectivity index is 2.07. The normalized spacial score (nSPS) is 24.9. The van der Waals surface area contributed by atoms with Gasteiger partial charge in [-0.1, -0.05) is 6.42 Å². The Hall–Kier alpha value is -0.550. The number of nitrogens with zero attached hydrogens (tertiary/aromatic N) is 2. The Bertz CT molecular complexity index is 294. The summed E-state index contributed by atoms with van der Waals surface area (Å²) in [6.07, 6.45) is 3.70. The highest BCUT2D eigenvalue weighted by Gasteiger charge is 2.22. The van der Waals surface area contributed by atoms with Crippen LogP contribution in [0.25, 0.3) is 0 Å². The topological polar surface area (TPSA) is 64.9 Å². The molecule has 1 aliphatic heterocycles. The van der Waals surface area contributed by atoms with Gasteiger partial charge in [-0.2, -0.15) is 0 Å². The molecule has 2 rings (SSSR count). The maximum Gasteiger partial charge on any atom is 0.232 e. The van der Waals surface area contributed by atoms with Crippen molar-refractivity contribution < 1.29 is 4.42 Å². The van der Waals surface area contributed by atoms with Crippen LogP contribution in [-0.2, 0) is 0 Å². The molecule has 5 heteroatoms. The molecule has 1 saturated heterocycles. The maximum absolute atomic E-state index is 5.65. The van der Waals surface area contributed by atoms with Crippen LogP contribution in [0, 0.1) is 0 Å². The second-order valence-corrected chi connectivity index (χ2v) is 4.93. The van der Waals surface area contributed by atoms with Gasteiger partial charge in [0, 0.05) is 0 Å². The Morgan fingerprint density at radius 2 is 2.36 bits per heavy atom. The molecule has 1 aliphatic rings. The summed E-state index contributed by atoms with van der Waals surface area (Å²) in [7, 11) is 0. The molecule has 2 N–H and O–H groups in total. The molecule has 0 saturated carbocycles. The van der Waals surface area contributed by atoms with E-state index < -0.39 is 0 Å². The summed E-state index contributed by atoms with van der Waals surface area (Å²) in [6, 6.07) is -0.162. The van der Waals surface area contributed by atoms with E-state index in [2.05, 4.69) is 10.2 Å². The summed E-state index contributed by atoms with van der Waals surface area (Å²) in [6.45, 7) is 1.85. The standard InChI is InChI=1S/C9H15N3OS/c1-6(10)8-11-12-9(13-8)7-4-2-3-5-14-7/h6-7H,2-5,10H2,1H3. The van der Waals surface area contributed by atoms with Crippen molar-refractivity contribution in [3.63, 3.8) is 0 Å². The Kier molecular flexibility index (Phi) is 3.08. The molecule has 0 aromatic carbocycles. The lowest BCUT2D eigenvalue weighted by Crippen LogP contribution is -2.05. The van der Waals surface area contributed by atoms with Gasteiger partial charge in [0.15, 0.2) is 0 Å². The molecule has 0 aliphatic carbocycles. The molecule has 1 fully saturated rings. The molecule has 0 spiro atoms. The van der Waals surface area contributed by atoms with E-state index in [1.165, 1.54) is 18.6 Å². The van der Waals surface area contributed by atoms with Crippen LogP contribution in [0.15, 0.2) is 4.42 Å². The van der Waals surface area contributed by atoms with Gasteiger partial charge in [-0.05, 0) is 25.5 Å². The molecule has 78 valence electrons. The van der Waals surface area contributed by atoms with Gasteiger partial charge in [-0.25, -0.2) is 0 Å². The van der Waals surface area contributed by atoms with Crippen LogP contribution < -0.4 is 5.73 Å². The summed E-state index contributed by atoms with van der Waals surface area (Å²) in [4.78, 5) is 0. The molecule has 1 aromatic rings. The third kappa shape index (κ3) is 2.09. The number of hydrogen-bond donors (Lipinski definition) is 1. The fourth-order valence-corrected chi connectivity index (χ4v) is 2.72. The monoisotopic (exact) mass is 213 g/mol. The molecule has 0 bridgehead atoms. The first kappa shape index (κ1) is 9.98. The minimum Gasteiger partial charge on any atom is -0.422 e. The smallest absolute Gasteiger partial charge is 0.232 e. The van der Waals surface area contributed by atoms with E-state index >= 15 is 0 Å². The van der Waals surface area contributed by atoms with Gasteiger partial charge < -0.3 is 10.2 Å². The Labute approximate surface area is 87.6 Å². The highest BCUT2D eigenvalue weighted by atomic mass is 32.2. The van der Waals surface area contributed by atoms with Crippen LogP contribution in [-0.4, -0.2) is 16.0 Å². The Morgan fingerprint density at radius 3 is 2.93 bits per heavy atom. The number of rotatable bonds is 2. The second kappa shape index (κ2) is 4.31. The van der Waals surface area contributed by atoms with E-state index in [0.29, 0.717) is 11.1 Å². The third-order valence-corrected chi connectivity index (χ3v) is 3.66. The first-order valence-electron chi connectivity index (χ1n) is 4.98. The molecule has 2 atom stereocenters. The minimum atomic E-state index is -0.162. The molecule has 1 aromatic heterocycles. The van der Waals surface area contributed by atoms with Crippen LogP contribution in [0.1, 0.15) is 49.3 Å². The molecule has 2 unspecified atom stereocenters. The molecule has 0 amide bonds. The van der Waals surface area contributed by atoms with Crippen molar-refractivity contribution in [1.82, 2.24) is 10.2 Å². The van der Waals surface area contributed by atoms with Gasteiger partial charge in [0.2, 0.25) is 11.8 Å². The van der Waals surface area contributed by atoms with Crippen molar-refractivity contribution in [1.29, 1.82) is 0 Å². The van der Waals surface area contributed by atoms with Gasteiger partial charge in [-0.3, -0.25) is 0 Å². The van der Waals surface area contributed by atoms with Crippen LogP contribution >= 0.6 is 11.8 Å². The van der Waals surface area contributed by atoms with Gasteiger partial charge in [-0.15, -0.1) is 22.0 Å². The summed E-state index contributed by atoms with van der Waals surface area (Å²) >= 11 is 1.90. The third-order valence-electron chi connectivity index (χ3n) is 2.30.